The van der Waals surface area contributed by atoms with Crippen molar-refractivity contribution in [3.63, 3.8) is 0 Å². The SMILES string of the molecule is Nc1ccc(F)c(F)c1NC(=O)c1cc(Br)ccc1O. The van der Waals surface area contributed by atoms with Gasteiger partial charge in [-0.15, -0.1) is 0 Å². The van der Waals surface area contributed by atoms with Crippen LogP contribution in [-0.2, 0) is 0 Å². The predicted molar refractivity (Wildman–Crippen MR) is 74.5 cm³/mol. The number of aromatic hydroxyl groups is 1. The van der Waals surface area contributed by atoms with Crippen LogP contribution in [0.4, 0.5) is 20.2 Å². The third kappa shape index (κ3) is 2.72. The summed E-state index contributed by atoms with van der Waals surface area (Å²) in [6.07, 6.45) is 0. The van der Waals surface area contributed by atoms with E-state index in [2.05, 4.69) is 21.2 Å². The molecule has 0 heterocycles. The number of amides is 1. The second-order valence-electron chi connectivity index (χ2n) is 3.94. The molecule has 4 N–H and O–H groups in total. The first-order chi connectivity index (χ1) is 9.40. The second kappa shape index (κ2) is 5.46. The quantitative estimate of drug-likeness (QED) is 0.733. The highest BCUT2D eigenvalue weighted by molar-refractivity contribution is 9.10. The molecular weight excluding hydrogens is 334 g/mol. The van der Waals surface area contributed by atoms with Gasteiger partial charge in [-0.2, -0.15) is 0 Å². The van der Waals surface area contributed by atoms with Gasteiger partial charge in [0.25, 0.3) is 5.91 Å². The van der Waals surface area contributed by atoms with E-state index in [0.29, 0.717) is 4.47 Å². The summed E-state index contributed by atoms with van der Waals surface area (Å²) in [5, 5.41) is 11.7. The molecule has 0 saturated carbocycles. The first-order valence-corrected chi connectivity index (χ1v) is 6.23. The van der Waals surface area contributed by atoms with E-state index in [4.69, 9.17) is 5.73 Å². The van der Waals surface area contributed by atoms with Crippen LogP contribution in [-0.4, -0.2) is 11.0 Å². The normalized spacial score (nSPS) is 10.3. The van der Waals surface area contributed by atoms with Crippen molar-refractivity contribution in [2.45, 2.75) is 0 Å². The number of hydrogen-bond donors (Lipinski definition) is 3. The van der Waals surface area contributed by atoms with Crippen LogP contribution in [0, 0.1) is 11.6 Å². The van der Waals surface area contributed by atoms with E-state index < -0.39 is 23.2 Å². The summed E-state index contributed by atoms with van der Waals surface area (Å²) < 4.78 is 27.2. The van der Waals surface area contributed by atoms with Gasteiger partial charge in [-0.25, -0.2) is 8.78 Å². The standard InChI is InChI=1S/C13H9BrF2N2O2/c14-6-1-4-10(19)7(5-6)13(20)18-12-9(17)3-2-8(15)11(12)16/h1-5,19H,17H2,(H,18,20). The Balaban J connectivity index is 2.38. The fourth-order valence-corrected chi connectivity index (χ4v) is 1.92. The Bertz CT molecular complexity index is 692. The summed E-state index contributed by atoms with van der Waals surface area (Å²) in [6.45, 7) is 0. The maximum absolute atomic E-state index is 13.6. The van der Waals surface area contributed by atoms with Gasteiger partial charge in [0, 0.05) is 4.47 Å². The number of hydrogen-bond acceptors (Lipinski definition) is 3. The van der Waals surface area contributed by atoms with Gasteiger partial charge in [-0.05, 0) is 30.3 Å². The van der Waals surface area contributed by atoms with Crippen molar-refractivity contribution >= 4 is 33.2 Å². The van der Waals surface area contributed by atoms with Crippen molar-refractivity contribution in [2.24, 2.45) is 0 Å². The lowest BCUT2D eigenvalue weighted by Gasteiger charge is -2.10. The Labute approximate surface area is 121 Å². The maximum atomic E-state index is 13.6. The summed E-state index contributed by atoms with van der Waals surface area (Å²) in [6, 6.07) is 6.16. The Hall–Kier alpha value is -2.15. The lowest BCUT2D eigenvalue weighted by Crippen LogP contribution is -2.15. The van der Waals surface area contributed by atoms with E-state index in [1.54, 1.807) is 0 Å². The summed E-state index contributed by atoms with van der Waals surface area (Å²) in [7, 11) is 0. The Morgan fingerprint density at radius 3 is 2.65 bits per heavy atom. The molecule has 0 aliphatic rings. The van der Waals surface area contributed by atoms with Gasteiger partial charge in [0.1, 0.15) is 11.4 Å². The molecule has 2 aromatic rings. The molecule has 4 nitrogen and oxygen atoms in total. The van der Waals surface area contributed by atoms with Gasteiger partial charge in [0.05, 0.1) is 11.3 Å². The zero-order valence-corrected chi connectivity index (χ0v) is 11.5. The van der Waals surface area contributed by atoms with Gasteiger partial charge in [-0.3, -0.25) is 4.79 Å². The van der Waals surface area contributed by atoms with E-state index in [-0.39, 0.29) is 17.0 Å². The smallest absolute Gasteiger partial charge is 0.259 e. The van der Waals surface area contributed by atoms with Crippen molar-refractivity contribution in [1.82, 2.24) is 0 Å². The van der Waals surface area contributed by atoms with E-state index >= 15 is 0 Å². The van der Waals surface area contributed by atoms with Crippen LogP contribution in [0.5, 0.6) is 5.75 Å². The van der Waals surface area contributed by atoms with Crippen LogP contribution < -0.4 is 11.1 Å². The minimum atomic E-state index is -1.26. The van der Waals surface area contributed by atoms with Crippen LogP contribution in [0.1, 0.15) is 10.4 Å². The third-order valence-corrected chi connectivity index (χ3v) is 3.06. The molecule has 0 spiro atoms. The highest BCUT2D eigenvalue weighted by Crippen LogP contribution is 2.27. The van der Waals surface area contributed by atoms with E-state index in [9.17, 15) is 18.7 Å². The third-order valence-electron chi connectivity index (χ3n) is 2.57. The molecule has 0 atom stereocenters. The molecule has 0 bridgehead atoms. The fourth-order valence-electron chi connectivity index (χ4n) is 1.56. The number of benzene rings is 2. The van der Waals surface area contributed by atoms with E-state index in [1.165, 1.54) is 18.2 Å². The molecule has 0 aliphatic heterocycles. The molecular formula is C13H9BrF2N2O2. The largest absolute Gasteiger partial charge is 0.507 e. The van der Waals surface area contributed by atoms with Crippen LogP contribution in [0.15, 0.2) is 34.8 Å². The van der Waals surface area contributed by atoms with Gasteiger partial charge < -0.3 is 16.2 Å². The summed E-state index contributed by atoms with van der Waals surface area (Å²) in [5.74, 6) is -3.48. The lowest BCUT2D eigenvalue weighted by atomic mass is 10.1. The van der Waals surface area contributed by atoms with Crippen molar-refractivity contribution in [1.29, 1.82) is 0 Å². The minimum absolute atomic E-state index is 0.0950. The Kier molecular flexibility index (Phi) is 3.89. The maximum Gasteiger partial charge on any atom is 0.259 e. The number of nitrogens with one attached hydrogen (secondary N) is 1. The number of phenols is 1. The van der Waals surface area contributed by atoms with Crippen LogP contribution in [0.3, 0.4) is 0 Å². The van der Waals surface area contributed by atoms with Crippen molar-refractivity contribution in [2.75, 3.05) is 11.1 Å². The zero-order valence-electron chi connectivity index (χ0n) is 9.95. The molecule has 7 heteroatoms. The number of nitrogen functional groups attached to an aromatic ring is 1. The molecule has 20 heavy (non-hydrogen) atoms. The van der Waals surface area contributed by atoms with Gasteiger partial charge in [-0.1, -0.05) is 15.9 Å². The summed E-state index contributed by atoms with van der Waals surface area (Å²) in [4.78, 5) is 12.0. The zero-order chi connectivity index (χ0) is 14.9. The molecule has 2 rings (SSSR count). The van der Waals surface area contributed by atoms with Gasteiger partial charge >= 0.3 is 0 Å². The number of phenolic OH excluding ortho intramolecular Hbond substituents is 1. The monoisotopic (exact) mass is 342 g/mol. The number of carbonyl (C=O) groups is 1. The molecule has 0 saturated heterocycles. The molecule has 0 aliphatic carbocycles. The predicted octanol–water partition coefficient (Wildman–Crippen LogP) is 3.27. The van der Waals surface area contributed by atoms with E-state index in [0.717, 1.165) is 12.1 Å². The number of halogens is 3. The van der Waals surface area contributed by atoms with E-state index in [1.807, 2.05) is 0 Å². The first kappa shape index (κ1) is 14.3. The second-order valence-corrected chi connectivity index (χ2v) is 4.86. The number of carbonyl (C=O) groups excluding carboxylic acids is 1. The van der Waals surface area contributed by atoms with Gasteiger partial charge in [0.15, 0.2) is 11.6 Å². The summed E-state index contributed by atoms with van der Waals surface area (Å²) >= 11 is 3.14. The van der Waals surface area contributed by atoms with Crippen LogP contribution in [0.25, 0.3) is 0 Å². The lowest BCUT2D eigenvalue weighted by molar-refractivity contribution is 0.102. The van der Waals surface area contributed by atoms with Crippen molar-refractivity contribution < 1.29 is 18.7 Å². The summed E-state index contributed by atoms with van der Waals surface area (Å²) in [5.41, 5.74) is 4.81. The number of nitrogens with two attached hydrogens (primary N) is 1. The fraction of sp³-hybridized carbons (Fsp3) is 0. The molecule has 0 unspecified atom stereocenters. The topological polar surface area (TPSA) is 75.3 Å². The molecule has 0 aromatic heterocycles. The molecule has 104 valence electrons. The molecule has 0 fully saturated rings. The van der Waals surface area contributed by atoms with Gasteiger partial charge in [0.2, 0.25) is 0 Å². The minimum Gasteiger partial charge on any atom is -0.507 e. The Morgan fingerprint density at radius 2 is 1.95 bits per heavy atom. The highest BCUT2D eigenvalue weighted by Gasteiger charge is 2.17. The first-order valence-electron chi connectivity index (χ1n) is 5.43. The Morgan fingerprint density at radius 1 is 1.25 bits per heavy atom. The van der Waals surface area contributed by atoms with Crippen LogP contribution in [0.2, 0.25) is 0 Å². The average Bonchev–Trinajstić information content (AvgIpc) is 2.41. The molecule has 0 radical (unpaired) electrons. The molecule has 2 aromatic carbocycles. The average molecular weight is 343 g/mol. The van der Waals surface area contributed by atoms with Crippen LogP contribution >= 0.6 is 15.9 Å². The van der Waals surface area contributed by atoms with Crippen molar-refractivity contribution in [3.05, 3.63) is 52.0 Å². The molecule has 1 amide bonds. The van der Waals surface area contributed by atoms with Crippen molar-refractivity contribution in [3.8, 4) is 5.75 Å². The number of rotatable bonds is 2. The highest BCUT2D eigenvalue weighted by atomic mass is 79.9. The number of anilines is 2.